The molecule has 2 fully saturated rings. The Labute approximate surface area is 258 Å². The normalized spacial score (nSPS) is 32.7. The zero-order valence-corrected chi connectivity index (χ0v) is 25.8. The maximum absolute atomic E-state index is 14.2. The fourth-order valence-corrected chi connectivity index (χ4v) is 7.26. The van der Waals surface area contributed by atoms with Gasteiger partial charge in [-0.25, -0.2) is 9.59 Å². The van der Waals surface area contributed by atoms with Crippen LogP contribution in [-0.2, 0) is 23.8 Å². The number of esters is 3. The number of ether oxygens (including phenoxy) is 3. The lowest BCUT2D eigenvalue weighted by molar-refractivity contribution is -0.162. The number of hydrogen-bond donors (Lipinski definition) is 1. The molecule has 1 N–H and O–H groups in total. The summed E-state index contributed by atoms with van der Waals surface area (Å²) in [5.74, 6) is -4.11. The number of allylic oxidation sites excluding steroid dienone is 1. The van der Waals surface area contributed by atoms with Gasteiger partial charge in [0.05, 0.1) is 17.0 Å². The van der Waals surface area contributed by atoms with Gasteiger partial charge in [0.1, 0.15) is 23.9 Å². The van der Waals surface area contributed by atoms with E-state index in [-0.39, 0.29) is 29.2 Å². The van der Waals surface area contributed by atoms with Crippen LogP contribution in [0.1, 0.15) is 68.2 Å². The zero-order valence-electron chi connectivity index (χ0n) is 25.8. The highest BCUT2D eigenvalue weighted by Gasteiger charge is 2.64. The Bertz CT molecular complexity index is 1490. The fourth-order valence-electron chi connectivity index (χ4n) is 7.26. The van der Waals surface area contributed by atoms with Gasteiger partial charge < -0.3 is 19.3 Å². The van der Waals surface area contributed by atoms with Gasteiger partial charge in [-0.15, -0.1) is 0 Å². The van der Waals surface area contributed by atoms with Crippen molar-refractivity contribution >= 4 is 23.7 Å². The Morgan fingerprint density at radius 3 is 2.00 bits per heavy atom. The molecule has 0 aromatic heterocycles. The lowest BCUT2D eigenvalue weighted by Crippen LogP contribution is -2.53. The lowest BCUT2D eigenvalue weighted by Gasteiger charge is -2.39. The molecule has 0 spiro atoms. The van der Waals surface area contributed by atoms with Crippen molar-refractivity contribution < 1.29 is 38.5 Å². The maximum Gasteiger partial charge on any atom is 0.338 e. The molecule has 3 aliphatic rings. The van der Waals surface area contributed by atoms with Crippen molar-refractivity contribution in [3.05, 3.63) is 95.6 Å². The van der Waals surface area contributed by atoms with Gasteiger partial charge in [-0.1, -0.05) is 69.8 Å². The van der Waals surface area contributed by atoms with E-state index in [1.54, 1.807) is 74.5 Å². The summed E-state index contributed by atoms with van der Waals surface area (Å²) < 4.78 is 18.0. The average molecular weight is 601 g/mol. The van der Waals surface area contributed by atoms with Crippen molar-refractivity contribution in [3.63, 3.8) is 0 Å². The number of hydrogen-bond acceptors (Lipinski definition) is 8. The SMILES string of the molecule is C=C1C(OC(=O)c2ccccc2)CC2C(C=C(C)C(=O)C3(O)CC(C)C(OC(=O)c4ccccc4)C3C1OC(C)=O)C2(C)C. The van der Waals surface area contributed by atoms with Crippen LogP contribution in [0, 0.1) is 29.1 Å². The van der Waals surface area contributed by atoms with Crippen LogP contribution in [-0.4, -0.2) is 52.7 Å². The van der Waals surface area contributed by atoms with Gasteiger partial charge in [0, 0.05) is 12.5 Å². The standard InChI is InChI=1S/C36H40O8/c1-20-17-26-27(35(26,5)6)18-28(43-33(39)24-13-9-7-10-14-24)22(3)31(42-23(4)37)29-30(21(2)19-36(29,41)32(20)38)44-34(40)25-15-11-8-12-16-25/h7-17,21,26-31,41H,3,18-19H2,1-2,4-6H3. The number of ketones is 1. The third-order valence-corrected chi connectivity index (χ3v) is 9.80. The summed E-state index contributed by atoms with van der Waals surface area (Å²) in [6.45, 7) is 13.1. The minimum Gasteiger partial charge on any atom is -0.458 e. The predicted molar refractivity (Wildman–Crippen MR) is 162 cm³/mol. The van der Waals surface area contributed by atoms with Crippen LogP contribution < -0.4 is 0 Å². The summed E-state index contributed by atoms with van der Waals surface area (Å²) in [6.07, 6.45) is -1.04. The molecule has 0 saturated heterocycles. The highest BCUT2D eigenvalue weighted by atomic mass is 16.6. The van der Waals surface area contributed by atoms with E-state index in [0.717, 1.165) is 0 Å². The molecule has 8 heteroatoms. The van der Waals surface area contributed by atoms with Gasteiger partial charge in [0.25, 0.3) is 0 Å². The quantitative estimate of drug-likeness (QED) is 0.272. The second-order valence-corrected chi connectivity index (χ2v) is 13.1. The van der Waals surface area contributed by atoms with Crippen molar-refractivity contribution in [3.8, 4) is 0 Å². The molecule has 0 aliphatic heterocycles. The Kier molecular flexibility index (Phi) is 8.42. The van der Waals surface area contributed by atoms with Gasteiger partial charge in [-0.05, 0) is 72.8 Å². The van der Waals surface area contributed by atoms with Crippen LogP contribution in [0.2, 0.25) is 0 Å². The van der Waals surface area contributed by atoms with Crippen molar-refractivity contribution in [2.75, 3.05) is 0 Å². The minimum absolute atomic E-state index is 0.0185. The molecule has 2 saturated carbocycles. The molecule has 0 bridgehead atoms. The first-order valence-corrected chi connectivity index (χ1v) is 15.1. The van der Waals surface area contributed by atoms with E-state index in [4.69, 9.17) is 14.2 Å². The molecule has 2 aromatic carbocycles. The number of carbonyl (C=O) groups excluding carboxylic acids is 4. The van der Waals surface area contributed by atoms with Gasteiger partial charge in [-0.2, -0.15) is 0 Å². The number of Topliss-reactive ketones (excluding diaryl/α,β-unsaturated/α-hetero) is 1. The van der Waals surface area contributed by atoms with Gasteiger partial charge in [0.2, 0.25) is 0 Å². The number of carbonyl (C=O) groups is 4. The van der Waals surface area contributed by atoms with E-state index in [9.17, 15) is 24.3 Å². The van der Waals surface area contributed by atoms with Gasteiger partial charge >= 0.3 is 17.9 Å². The van der Waals surface area contributed by atoms with Crippen LogP contribution in [0.3, 0.4) is 0 Å². The maximum atomic E-state index is 14.2. The summed E-state index contributed by atoms with van der Waals surface area (Å²) in [7, 11) is 0. The van der Waals surface area contributed by atoms with Crippen LogP contribution in [0.25, 0.3) is 0 Å². The van der Waals surface area contributed by atoms with E-state index in [0.29, 0.717) is 23.1 Å². The topological polar surface area (TPSA) is 116 Å². The van der Waals surface area contributed by atoms with Crippen molar-refractivity contribution in [2.24, 2.45) is 29.1 Å². The Morgan fingerprint density at radius 1 is 0.909 bits per heavy atom. The molecular weight excluding hydrogens is 560 g/mol. The zero-order chi connectivity index (χ0) is 32.0. The van der Waals surface area contributed by atoms with Crippen molar-refractivity contribution in [2.45, 2.75) is 71.4 Å². The Morgan fingerprint density at radius 2 is 1.45 bits per heavy atom. The molecular formula is C36H40O8. The molecule has 8 nitrogen and oxygen atoms in total. The minimum atomic E-state index is -2.06. The molecule has 2 aromatic rings. The fraction of sp³-hybridized carbons (Fsp3) is 0.444. The Hall–Kier alpha value is -4.04. The Balaban J connectivity index is 1.61. The molecule has 232 valence electrons. The van der Waals surface area contributed by atoms with Gasteiger partial charge in [-0.3, -0.25) is 9.59 Å². The second kappa shape index (κ2) is 11.8. The van der Waals surface area contributed by atoms with Crippen LogP contribution in [0.15, 0.2) is 84.5 Å². The van der Waals surface area contributed by atoms with Crippen LogP contribution in [0.5, 0.6) is 0 Å². The number of fused-ring (bicyclic) bond motifs is 2. The molecule has 8 unspecified atom stereocenters. The number of benzene rings is 2. The average Bonchev–Trinajstić information content (AvgIpc) is 3.38. The van der Waals surface area contributed by atoms with Crippen LogP contribution in [0.4, 0.5) is 0 Å². The molecule has 0 amide bonds. The number of rotatable bonds is 5. The number of aliphatic hydroxyl groups is 1. The summed E-state index contributed by atoms with van der Waals surface area (Å²) in [5, 5.41) is 12.3. The molecule has 0 radical (unpaired) electrons. The van der Waals surface area contributed by atoms with Crippen molar-refractivity contribution in [1.29, 1.82) is 0 Å². The first-order valence-electron chi connectivity index (χ1n) is 15.1. The molecule has 44 heavy (non-hydrogen) atoms. The van der Waals surface area contributed by atoms with E-state index < -0.39 is 59.4 Å². The lowest BCUT2D eigenvalue weighted by atomic mass is 9.76. The third-order valence-electron chi connectivity index (χ3n) is 9.80. The van der Waals surface area contributed by atoms with Crippen LogP contribution >= 0.6 is 0 Å². The van der Waals surface area contributed by atoms with E-state index in [1.807, 2.05) is 6.08 Å². The second-order valence-electron chi connectivity index (χ2n) is 13.1. The van der Waals surface area contributed by atoms with E-state index >= 15 is 0 Å². The first-order chi connectivity index (χ1) is 20.8. The highest BCUT2D eigenvalue weighted by molar-refractivity contribution is 6.02. The predicted octanol–water partition coefficient (Wildman–Crippen LogP) is 5.50. The van der Waals surface area contributed by atoms with E-state index in [2.05, 4.69) is 20.4 Å². The summed E-state index contributed by atoms with van der Waals surface area (Å²) in [6, 6.07) is 16.9. The van der Waals surface area contributed by atoms with E-state index in [1.165, 1.54) is 6.92 Å². The largest absolute Gasteiger partial charge is 0.458 e. The third kappa shape index (κ3) is 5.75. The molecule has 0 heterocycles. The summed E-state index contributed by atoms with van der Waals surface area (Å²) in [5.41, 5.74) is -1.03. The monoisotopic (exact) mass is 600 g/mol. The molecule has 3 aliphatic carbocycles. The first kappa shape index (κ1) is 31.4. The van der Waals surface area contributed by atoms with Crippen molar-refractivity contribution in [1.82, 2.24) is 0 Å². The smallest absolute Gasteiger partial charge is 0.338 e. The van der Waals surface area contributed by atoms with Gasteiger partial charge in [0.15, 0.2) is 5.78 Å². The molecule has 5 rings (SSSR count). The summed E-state index contributed by atoms with van der Waals surface area (Å²) >= 11 is 0. The highest BCUT2D eigenvalue weighted by Crippen LogP contribution is 2.62. The summed E-state index contributed by atoms with van der Waals surface area (Å²) in [4.78, 5) is 53.4. The molecule has 8 atom stereocenters.